The maximum atomic E-state index is 12.6. The molecule has 1 aromatic heterocycles. The zero-order chi connectivity index (χ0) is 17.1. The van der Waals surface area contributed by atoms with Crippen LogP contribution >= 0.6 is 0 Å². The van der Waals surface area contributed by atoms with E-state index < -0.39 is 6.10 Å². The number of aliphatic hydroxyl groups is 1. The van der Waals surface area contributed by atoms with Crippen molar-refractivity contribution in [3.8, 4) is 0 Å². The van der Waals surface area contributed by atoms with Gasteiger partial charge in [-0.1, -0.05) is 6.07 Å². The van der Waals surface area contributed by atoms with E-state index in [0.717, 1.165) is 12.8 Å². The SMILES string of the molecule is Cn1cccc1C(=O)Nc1cccc(C(=O)N2CCC[C@@H](O)C2)c1. The summed E-state index contributed by atoms with van der Waals surface area (Å²) < 4.78 is 1.74. The van der Waals surface area contributed by atoms with Crippen molar-refractivity contribution >= 4 is 17.5 Å². The van der Waals surface area contributed by atoms with Crippen LogP contribution < -0.4 is 5.32 Å². The van der Waals surface area contributed by atoms with Gasteiger partial charge in [0.1, 0.15) is 5.69 Å². The van der Waals surface area contributed by atoms with Crippen LogP contribution in [0, 0.1) is 0 Å². The van der Waals surface area contributed by atoms with Crippen LogP contribution in [0.25, 0.3) is 0 Å². The molecule has 126 valence electrons. The van der Waals surface area contributed by atoms with Crippen molar-refractivity contribution in [2.75, 3.05) is 18.4 Å². The molecule has 0 spiro atoms. The van der Waals surface area contributed by atoms with Crippen LogP contribution in [0.3, 0.4) is 0 Å². The Kier molecular flexibility index (Phi) is 4.66. The summed E-state index contributed by atoms with van der Waals surface area (Å²) in [7, 11) is 1.80. The molecule has 1 aromatic carbocycles. The van der Waals surface area contributed by atoms with Gasteiger partial charge in [-0.3, -0.25) is 9.59 Å². The highest BCUT2D eigenvalue weighted by molar-refractivity contribution is 6.04. The summed E-state index contributed by atoms with van der Waals surface area (Å²) in [6.45, 7) is 1.01. The van der Waals surface area contributed by atoms with Gasteiger partial charge < -0.3 is 19.9 Å². The van der Waals surface area contributed by atoms with Crippen LogP contribution in [-0.4, -0.2) is 45.6 Å². The van der Waals surface area contributed by atoms with Crippen molar-refractivity contribution < 1.29 is 14.7 Å². The maximum absolute atomic E-state index is 12.6. The minimum absolute atomic E-state index is 0.122. The van der Waals surface area contributed by atoms with Gasteiger partial charge in [0.05, 0.1) is 6.10 Å². The molecule has 2 amide bonds. The summed E-state index contributed by atoms with van der Waals surface area (Å²) in [4.78, 5) is 26.5. The van der Waals surface area contributed by atoms with E-state index in [1.807, 2.05) is 0 Å². The average molecular weight is 327 g/mol. The number of β-amino-alcohol motifs (C(OH)–C–C–N with tert-alkyl or cyclic N) is 1. The molecular formula is C18H21N3O3. The standard InChI is InChI=1S/C18H21N3O3/c1-20-9-4-8-16(20)17(23)19-14-6-2-5-13(11-14)18(24)21-10-3-7-15(22)12-21/h2,4-6,8-9,11,15,22H,3,7,10,12H2,1H3,(H,19,23)/t15-/m1/s1. The number of nitrogens with one attached hydrogen (secondary N) is 1. The Hall–Kier alpha value is -2.60. The zero-order valence-electron chi connectivity index (χ0n) is 13.6. The van der Waals surface area contributed by atoms with E-state index in [2.05, 4.69) is 5.32 Å². The van der Waals surface area contributed by atoms with Crippen LogP contribution in [0.5, 0.6) is 0 Å². The minimum atomic E-state index is -0.456. The number of aryl methyl sites for hydroxylation is 1. The second-order valence-corrected chi connectivity index (χ2v) is 6.09. The fourth-order valence-electron chi connectivity index (χ4n) is 2.94. The van der Waals surface area contributed by atoms with Crippen LogP contribution in [0.4, 0.5) is 5.69 Å². The molecule has 1 saturated heterocycles. The monoisotopic (exact) mass is 327 g/mol. The highest BCUT2D eigenvalue weighted by atomic mass is 16.3. The summed E-state index contributed by atoms with van der Waals surface area (Å²) in [5.41, 5.74) is 1.63. The van der Waals surface area contributed by atoms with Crippen molar-refractivity contribution in [1.29, 1.82) is 0 Å². The highest BCUT2D eigenvalue weighted by Gasteiger charge is 2.23. The lowest BCUT2D eigenvalue weighted by atomic mass is 10.1. The van der Waals surface area contributed by atoms with E-state index in [-0.39, 0.29) is 11.8 Å². The first kappa shape index (κ1) is 16.3. The summed E-state index contributed by atoms with van der Waals surface area (Å²) in [5, 5.41) is 12.5. The molecule has 0 saturated carbocycles. The summed E-state index contributed by atoms with van der Waals surface area (Å²) in [6, 6.07) is 10.4. The van der Waals surface area contributed by atoms with E-state index in [0.29, 0.717) is 30.0 Å². The molecule has 1 aliphatic rings. The molecule has 2 N–H and O–H groups in total. The second-order valence-electron chi connectivity index (χ2n) is 6.09. The lowest BCUT2D eigenvalue weighted by Gasteiger charge is -2.30. The fraction of sp³-hybridized carbons (Fsp3) is 0.333. The van der Waals surface area contributed by atoms with Gasteiger partial charge in [-0.25, -0.2) is 0 Å². The van der Waals surface area contributed by atoms with Crippen LogP contribution in [0.1, 0.15) is 33.7 Å². The number of aromatic nitrogens is 1. The Morgan fingerprint density at radius 1 is 1.25 bits per heavy atom. The van der Waals surface area contributed by atoms with Crippen molar-refractivity contribution in [1.82, 2.24) is 9.47 Å². The van der Waals surface area contributed by atoms with E-state index in [1.165, 1.54) is 0 Å². The van der Waals surface area contributed by atoms with E-state index in [1.54, 1.807) is 59.1 Å². The molecular weight excluding hydrogens is 306 g/mol. The number of benzene rings is 1. The fourth-order valence-corrected chi connectivity index (χ4v) is 2.94. The molecule has 2 aromatic rings. The Morgan fingerprint density at radius 2 is 2.08 bits per heavy atom. The van der Waals surface area contributed by atoms with Gasteiger partial charge in [-0.2, -0.15) is 0 Å². The second kappa shape index (κ2) is 6.88. The van der Waals surface area contributed by atoms with Gasteiger partial charge in [-0.05, 0) is 43.2 Å². The van der Waals surface area contributed by atoms with Gasteiger partial charge in [-0.15, -0.1) is 0 Å². The molecule has 24 heavy (non-hydrogen) atoms. The normalized spacial score (nSPS) is 17.6. The number of aliphatic hydroxyl groups excluding tert-OH is 1. The molecule has 0 aliphatic carbocycles. The number of nitrogens with zero attached hydrogens (tertiary/aromatic N) is 2. The summed E-state index contributed by atoms with van der Waals surface area (Å²) in [5.74, 6) is -0.343. The Labute approximate surface area is 140 Å². The molecule has 0 unspecified atom stereocenters. The predicted molar refractivity (Wildman–Crippen MR) is 91.0 cm³/mol. The number of hydrogen-bond donors (Lipinski definition) is 2. The third-order valence-corrected chi connectivity index (χ3v) is 4.23. The highest BCUT2D eigenvalue weighted by Crippen LogP contribution is 2.17. The first-order chi connectivity index (χ1) is 11.5. The number of carbonyl (C=O) groups is 2. The van der Waals surface area contributed by atoms with Gasteiger partial charge >= 0.3 is 0 Å². The third kappa shape index (κ3) is 3.49. The minimum Gasteiger partial charge on any atom is -0.391 e. The van der Waals surface area contributed by atoms with Gasteiger partial charge in [0.15, 0.2) is 0 Å². The van der Waals surface area contributed by atoms with Crippen LogP contribution in [-0.2, 0) is 7.05 Å². The average Bonchev–Trinajstić information content (AvgIpc) is 3.00. The van der Waals surface area contributed by atoms with E-state index in [9.17, 15) is 14.7 Å². The van der Waals surface area contributed by atoms with Crippen LogP contribution in [0.15, 0.2) is 42.6 Å². The number of rotatable bonds is 3. The van der Waals surface area contributed by atoms with Crippen molar-refractivity contribution in [3.05, 3.63) is 53.9 Å². The molecule has 6 heteroatoms. The maximum Gasteiger partial charge on any atom is 0.272 e. The summed E-state index contributed by atoms with van der Waals surface area (Å²) in [6.07, 6.45) is 2.88. The zero-order valence-corrected chi connectivity index (χ0v) is 13.6. The number of likely N-dealkylation sites (tertiary alicyclic amines) is 1. The van der Waals surface area contributed by atoms with Gasteiger partial charge in [0, 0.05) is 37.6 Å². The first-order valence-corrected chi connectivity index (χ1v) is 8.04. The van der Waals surface area contributed by atoms with Crippen LogP contribution in [0.2, 0.25) is 0 Å². The molecule has 6 nitrogen and oxygen atoms in total. The largest absolute Gasteiger partial charge is 0.391 e. The molecule has 3 rings (SSSR count). The molecule has 1 aliphatic heterocycles. The summed E-state index contributed by atoms with van der Waals surface area (Å²) >= 11 is 0. The van der Waals surface area contributed by atoms with Crippen molar-refractivity contribution in [2.24, 2.45) is 7.05 Å². The third-order valence-electron chi connectivity index (χ3n) is 4.23. The van der Waals surface area contributed by atoms with Crippen molar-refractivity contribution in [3.63, 3.8) is 0 Å². The van der Waals surface area contributed by atoms with Gasteiger partial charge in [0.2, 0.25) is 0 Å². The van der Waals surface area contributed by atoms with E-state index in [4.69, 9.17) is 0 Å². The topological polar surface area (TPSA) is 74.6 Å². The van der Waals surface area contributed by atoms with E-state index >= 15 is 0 Å². The molecule has 0 bridgehead atoms. The smallest absolute Gasteiger partial charge is 0.272 e. The Morgan fingerprint density at radius 3 is 2.79 bits per heavy atom. The Balaban J connectivity index is 1.73. The lowest BCUT2D eigenvalue weighted by molar-refractivity contribution is 0.0474. The number of carbonyl (C=O) groups excluding carboxylic acids is 2. The van der Waals surface area contributed by atoms with Gasteiger partial charge in [0.25, 0.3) is 11.8 Å². The number of hydrogen-bond acceptors (Lipinski definition) is 3. The quantitative estimate of drug-likeness (QED) is 0.904. The van der Waals surface area contributed by atoms with Crippen molar-refractivity contribution in [2.45, 2.75) is 18.9 Å². The Bertz CT molecular complexity index is 753. The first-order valence-electron chi connectivity index (χ1n) is 8.04. The lowest BCUT2D eigenvalue weighted by Crippen LogP contribution is -2.42. The number of anilines is 1. The molecule has 2 heterocycles. The number of amides is 2. The molecule has 1 fully saturated rings. The molecule has 0 radical (unpaired) electrons. The predicted octanol–water partition coefficient (Wildman–Crippen LogP) is 1.87. The number of piperidine rings is 1. The molecule has 1 atom stereocenters.